The van der Waals surface area contributed by atoms with Crippen molar-refractivity contribution in [3.8, 4) is 11.1 Å². The predicted octanol–water partition coefficient (Wildman–Crippen LogP) is 3.11. The Balaban J connectivity index is 1.34. The Kier molecular flexibility index (Phi) is 5.13. The minimum atomic E-state index is -0.441. The molecule has 3 aromatic rings. The van der Waals surface area contributed by atoms with Crippen LogP contribution in [-0.2, 0) is 17.8 Å². The van der Waals surface area contributed by atoms with Gasteiger partial charge < -0.3 is 15.2 Å². The lowest BCUT2D eigenvalue weighted by molar-refractivity contribution is 0.143. The molecule has 0 unspecified atom stereocenters. The van der Waals surface area contributed by atoms with E-state index in [0.717, 1.165) is 5.01 Å². The van der Waals surface area contributed by atoms with E-state index in [0.29, 0.717) is 24.6 Å². The van der Waals surface area contributed by atoms with E-state index in [2.05, 4.69) is 39.8 Å². The van der Waals surface area contributed by atoms with Crippen LogP contribution in [-0.4, -0.2) is 34.5 Å². The first-order valence-corrected chi connectivity index (χ1v) is 9.59. The van der Waals surface area contributed by atoms with Crippen LogP contribution in [0.2, 0.25) is 0 Å². The molecule has 0 radical (unpaired) electrons. The van der Waals surface area contributed by atoms with Crippen molar-refractivity contribution in [1.82, 2.24) is 15.5 Å². The third-order valence-corrected chi connectivity index (χ3v) is 5.56. The standard InChI is InChI=1S/C20H19N3O3S/c24-11-19-23-22-18(27-19)9-10-21-20(25)26-12-17-15-7-3-1-5-13(15)14-6-2-4-8-16(14)17/h1-8,17,24H,9-12H2,(H,21,25). The summed E-state index contributed by atoms with van der Waals surface area (Å²) in [7, 11) is 0. The van der Waals surface area contributed by atoms with E-state index < -0.39 is 6.09 Å². The molecule has 0 atom stereocenters. The van der Waals surface area contributed by atoms with Crippen LogP contribution in [0.25, 0.3) is 11.1 Å². The minimum Gasteiger partial charge on any atom is -0.449 e. The van der Waals surface area contributed by atoms with Crippen molar-refractivity contribution in [2.24, 2.45) is 0 Å². The minimum absolute atomic E-state index is 0.0541. The highest BCUT2D eigenvalue weighted by molar-refractivity contribution is 7.11. The van der Waals surface area contributed by atoms with Gasteiger partial charge >= 0.3 is 6.09 Å². The van der Waals surface area contributed by atoms with Crippen LogP contribution < -0.4 is 5.32 Å². The molecule has 27 heavy (non-hydrogen) atoms. The van der Waals surface area contributed by atoms with Crippen LogP contribution in [0.3, 0.4) is 0 Å². The molecule has 7 heteroatoms. The van der Waals surface area contributed by atoms with Crippen molar-refractivity contribution in [2.45, 2.75) is 18.9 Å². The van der Waals surface area contributed by atoms with Gasteiger partial charge in [-0.25, -0.2) is 4.79 Å². The van der Waals surface area contributed by atoms with Crippen molar-refractivity contribution < 1.29 is 14.6 Å². The van der Waals surface area contributed by atoms with Crippen LogP contribution in [0, 0.1) is 0 Å². The number of hydrogen-bond donors (Lipinski definition) is 2. The summed E-state index contributed by atoms with van der Waals surface area (Å²) in [5.74, 6) is 0.0541. The number of aliphatic hydroxyl groups is 1. The fourth-order valence-corrected chi connectivity index (χ4v) is 4.08. The Hall–Kier alpha value is -2.77. The first kappa shape index (κ1) is 17.6. The molecule has 0 saturated carbocycles. The lowest BCUT2D eigenvalue weighted by Gasteiger charge is -2.14. The molecule has 0 spiro atoms. The van der Waals surface area contributed by atoms with Gasteiger partial charge in [-0.15, -0.1) is 10.2 Å². The number of rotatable bonds is 6. The number of benzene rings is 2. The number of carbonyl (C=O) groups excluding carboxylic acids is 1. The molecule has 1 heterocycles. The Labute approximate surface area is 160 Å². The zero-order valence-electron chi connectivity index (χ0n) is 14.6. The third kappa shape index (κ3) is 3.70. The van der Waals surface area contributed by atoms with E-state index in [4.69, 9.17) is 9.84 Å². The van der Waals surface area contributed by atoms with Crippen LogP contribution in [0.15, 0.2) is 48.5 Å². The second-order valence-corrected chi connectivity index (χ2v) is 7.40. The van der Waals surface area contributed by atoms with Crippen molar-refractivity contribution in [3.63, 3.8) is 0 Å². The normalized spacial score (nSPS) is 12.5. The molecule has 2 aromatic carbocycles. The zero-order chi connectivity index (χ0) is 18.6. The Bertz CT molecular complexity index is 911. The summed E-state index contributed by atoms with van der Waals surface area (Å²) in [6.45, 7) is 0.599. The second kappa shape index (κ2) is 7.85. The third-order valence-electron chi connectivity index (χ3n) is 4.60. The lowest BCUT2D eigenvalue weighted by Crippen LogP contribution is -2.28. The number of ether oxygens (including phenoxy) is 1. The van der Waals surface area contributed by atoms with Crippen LogP contribution in [0.4, 0.5) is 4.79 Å². The van der Waals surface area contributed by atoms with Crippen LogP contribution in [0.1, 0.15) is 27.1 Å². The van der Waals surface area contributed by atoms with Crippen molar-refractivity contribution >= 4 is 17.4 Å². The summed E-state index contributed by atoms with van der Waals surface area (Å²) in [4.78, 5) is 12.1. The summed E-state index contributed by atoms with van der Waals surface area (Å²) in [6, 6.07) is 16.5. The topological polar surface area (TPSA) is 84.3 Å². The number of carbonyl (C=O) groups is 1. The first-order valence-electron chi connectivity index (χ1n) is 8.77. The highest BCUT2D eigenvalue weighted by atomic mass is 32.1. The summed E-state index contributed by atoms with van der Waals surface area (Å²) < 4.78 is 5.48. The number of hydrogen-bond acceptors (Lipinski definition) is 6. The number of nitrogens with zero attached hydrogens (tertiary/aromatic N) is 2. The monoisotopic (exact) mass is 381 g/mol. The van der Waals surface area contributed by atoms with Crippen LogP contribution in [0.5, 0.6) is 0 Å². The van der Waals surface area contributed by atoms with Crippen LogP contribution >= 0.6 is 11.3 Å². The van der Waals surface area contributed by atoms with E-state index >= 15 is 0 Å². The number of alkyl carbamates (subject to hydrolysis) is 1. The number of aromatic nitrogens is 2. The van der Waals surface area contributed by atoms with Crippen molar-refractivity contribution in [1.29, 1.82) is 0 Å². The fraction of sp³-hybridized carbons (Fsp3) is 0.250. The molecule has 138 valence electrons. The molecule has 0 bridgehead atoms. The SMILES string of the molecule is O=C(NCCc1nnc(CO)s1)OCC1c2ccccc2-c2ccccc21. The summed E-state index contributed by atoms with van der Waals surface area (Å²) >= 11 is 1.34. The quantitative estimate of drug-likeness (QED) is 0.685. The maximum absolute atomic E-state index is 12.1. The van der Waals surface area contributed by atoms with Gasteiger partial charge in [0.15, 0.2) is 0 Å². The van der Waals surface area contributed by atoms with E-state index in [-0.39, 0.29) is 12.5 Å². The molecule has 2 N–H and O–H groups in total. The summed E-state index contributed by atoms with van der Waals surface area (Å²) in [6.07, 6.45) is 0.116. The Morgan fingerprint density at radius 2 is 1.67 bits per heavy atom. The molecular weight excluding hydrogens is 362 g/mol. The molecule has 1 aromatic heterocycles. The van der Waals surface area contributed by atoms with Gasteiger partial charge in [-0.05, 0) is 22.3 Å². The van der Waals surface area contributed by atoms with Gasteiger partial charge in [-0.3, -0.25) is 0 Å². The number of nitrogens with one attached hydrogen (secondary N) is 1. The van der Waals surface area contributed by atoms with E-state index in [1.54, 1.807) is 0 Å². The fourth-order valence-electron chi connectivity index (χ4n) is 3.37. The molecule has 1 aliphatic carbocycles. The molecule has 1 amide bonds. The highest BCUT2D eigenvalue weighted by Crippen LogP contribution is 2.44. The average molecular weight is 381 g/mol. The molecule has 0 aliphatic heterocycles. The molecule has 6 nitrogen and oxygen atoms in total. The van der Waals surface area contributed by atoms with E-state index in [9.17, 15) is 4.79 Å². The lowest BCUT2D eigenvalue weighted by atomic mass is 9.98. The Morgan fingerprint density at radius 1 is 1.04 bits per heavy atom. The number of fused-ring (bicyclic) bond motifs is 3. The van der Waals surface area contributed by atoms with Gasteiger partial charge in [-0.2, -0.15) is 0 Å². The Morgan fingerprint density at radius 3 is 2.30 bits per heavy atom. The molecule has 4 rings (SSSR count). The van der Waals surface area contributed by atoms with Gasteiger partial charge in [0, 0.05) is 18.9 Å². The average Bonchev–Trinajstić information content (AvgIpc) is 3.29. The van der Waals surface area contributed by atoms with Gasteiger partial charge in [0.25, 0.3) is 0 Å². The van der Waals surface area contributed by atoms with Gasteiger partial charge in [-0.1, -0.05) is 59.9 Å². The molecule has 0 saturated heterocycles. The maximum Gasteiger partial charge on any atom is 0.407 e. The smallest absolute Gasteiger partial charge is 0.407 e. The highest BCUT2D eigenvalue weighted by Gasteiger charge is 2.28. The van der Waals surface area contributed by atoms with E-state index in [1.165, 1.54) is 33.6 Å². The van der Waals surface area contributed by atoms with Gasteiger partial charge in [0.1, 0.15) is 16.6 Å². The molecule has 0 fully saturated rings. The van der Waals surface area contributed by atoms with Crippen molar-refractivity contribution in [2.75, 3.05) is 13.2 Å². The van der Waals surface area contributed by atoms with Crippen molar-refractivity contribution in [3.05, 3.63) is 69.7 Å². The molecule has 1 aliphatic rings. The zero-order valence-corrected chi connectivity index (χ0v) is 15.4. The van der Waals surface area contributed by atoms with E-state index in [1.807, 2.05) is 24.3 Å². The molecular formula is C20H19N3O3S. The number of amides is 1. The second-order valence-electron chi connectivity index (χ2n) is 6.25. The maximum atomic E-state index is 12.1. The summed E-state index contributed by atoms with van der Waals surface area (Å²) in [5, 5.41) is 20.9. The van der Waals surface area contributed by atoms with Gasteiger partial charge in [0.05, 0.1) is 6.61 Å². The summed E-state index contributed by atoms with van der Waals surface area (Å²) in [5.41, 5.74) is 4.80. The predicted molar refractivity (Wildman–Crippen MR) is 103 cm³/mol. The first-order chi connectivity index (χ1) is 13.3. The largest absolute Gasteiger partial charge is 0.449 e. The number of aliphatic hydroxyl groups excluding tert-OH is 1. The van der Waals surface area contributed by atoms with Gasteiger partial charge in [0.2, 0.25) is 0 Å².